The first kappa shape index (κ1) is 16.2. The van der Waals surface area contributed by atoms with E-state index in [1.54, 1.807) is 5.33 Å². The summed E-state index contributed by atoms with van der Waals surface area (Å²) in [4.78, 5) is 5.01. The Morgan fingerprint density at radius 3 is 2.50 bits per heavy atom. The van der Waals surface area contributed by atoms with Gasteiger partial charge in [0.2, 0.25) is 0 Å². The van der Waals surface area contributed by atoms with E-state index in [0.717, 1.165) is 6.42 Å². The summed E-state index contributed by atoms with van der Waals surface area (Å²) in [5.74, 6) is 1.05. The molecule has 3 heteroatoms. The van der Waals surface area contributed by atoms with Gasteiger partial charge >= 0.3 is 0 Å². The van der Waals surface area contributed by atoms with Gasteiger partial charge in [0, 0.05) is 23.4 Å². The van der Waals surface area contributed by atoms with Crippen molar-refractivity contribution in [3.05, 3.63) is 24.4 Å². The van der Waals surface area contributed by atoms with Crippen LogP contribution in [0.3, 0.4) is 0 Å². The summed E-state index contributed by atoms with van der Waals surface area (Å²) in [5, 5.41) is 1.57. The fourth-order valence-corrected chi connectivity index (χ4v) is 8.97. The van der Waals surface area contributed by atoms with Gasteiger partial charge in [-0.1, -0.05) is 76.9 Å². The molecule has 22 heavy (non-hydrogen) atoms. The third-order valence-corrected chi connectivity index (χ3v) is 12.1. The molecule has 0 amide bonds. The van der Waals surface area contributed by atoms with E-state index in [0.29, 0.717) is 17.9 Å². The molecule has 1 fully saturated rings. The highest BCUT2D eigenvalue weighted by Crippen LogP contribution is 2.53. The molecule has 3 aliphatic heterocycles. The number of aliphatic imine (C=N–C) groups is 1. The molecular weight excluding hydrogens is 286 g/mol. The summed E-state index contributed by atoms with van der Waals surface area (Å²) < 4.78 is 6.55. The van der Waals surface area contributed by atoms with Crippen molar-refractivity contribution in [3.63, 3.8) is 0 Å². The lowest BCUT2D eigenvalue weighted by Crippen LogP contribution is -2.54. The Labute approximate surface area is 136 Å². The monoisotopic (exact) mass is 317 g/mol. The lowest BCUT2D eigenvalue weighted by molar-refractivity contribution is 0.0144. The first-order valence-electron chi connectivity index (χ1n) is 9.28. The van der Waals surface area contributed by atoms with Crippen molar-refractivity contribution in [3.8, 4) is 0 Å². The van der Waals surface area contributed by atoms with Gasteiger partial charge in [0.15, 0.2) is 0 Å². The average Bonchev–Trinajstić information content (AvgIpc) is 3.13. The van der Waals surface area contributed by atoms with E-state index < -0.39 is 8.07 Å². The van der Waals surface area contributed by atoms with Gasteiger partial charge in [-0.15, -0.1) is 0 Å². The summed E-state index contributed by atoms with van der Waals surface area (Å²) in [6.45, 7) is 9.44. The highest BCUT2D eigenvalue weighted by molar-refractivity contribution is 7.07. The number of fused-ring (bicyclic) bond motifs is 5. The number of hydrogen-bond donors (Lipinski definition) is 0. The highest BCUT2D eigenvalue weighted by atomic mass is 28.3. The number of unbranched alkanes of at least 4 members (excludes halogenated alkanes) is 1. The summed E-state index contributed by atoms with van der Waals surface area (Å²) in [6, 6.07) is 3.94. The van der Waals surface area contributed by atoms with Crippen LogP contribution in [0.1, 0.15) is 47.0 Å². The van der Waals surface area contributed by atoms with Crippen molar-refractivity contribution in [2.24, 2.45) is 16.8 Å². The Kier molecular flexibility index (Phi) is 4.48. The molecule has 0 spiro atoms. The predicted molar refractivity (Wildman–Crippen MR) is 97.0 cm³/mol. The lowest BCUT2D eigenvalue weighted by atomic mass is 9.73. The Bertz CT molecular complexity index is 497. The molecule has 122 valence electrons. The van der Waals surface area contributed by atoms with Gasteiger partial charge in [-0.3, -0.25) is 4.99 Å². The molecule has 0 aromatic carbocycles. The lowest BCUT2D eigenvalue weighted by Gasteiger charge is -2.42. The molecule has 0 N–H and O–H groups in total. The Morgan fingerprint density at radius 1 is 1.14 bits per heavy atom. The molecule has 2 bridgehead atoms. The minimum atomic E-state index is -1.44. The zero-order chi connectivity index (χ0) is 15.8. The van der Waals surface area contributed by atoms with Gasteiger partial charge in [0.05, 0.1) is 11.7 Å². The van der Waals surface area contributed by atoms with Crippen LogP contribution in [0.15, 0.2) is 29.4 Å². The van der Waals surface area contributed by atoms with E-state index >= 15 is 0 Å². The second-order valence-corrected chi connectivity index (χ2v) is 12.4. The first-order chi connectivity index (χ1) is 10.7. The summed E-state index contributed by atoms with van der Waals surface area (Å²) >= 11 is 0. The number of nitrogens with zero attached hydrogens (tertiary/aromatic N) is 1. The van der Waals surface area contributed by atoms with Gasteiger partial charge in [-0.05, 0) is 6.42 Å². The molecule has 0 radical (unpaired) electrons. The molecule has 0 aliphatic carbocycles. The Hall–Kier alpha value is -0.673. The second kappa shape index (κ2) is 6.08. The van der Waals surface area contributed by atoms with Crippen LogP contribution in [0.4, 0.5) is 0 Å². The zero-order valence-corrected chi connectivity index (χ0v) is 15.6. The molecule has 3 rings (SSSR count). The van der Waals surface area contributed by atoms with Crippen LogP contribution in [0.2, 0.25) is 18.1 Å². The molecule has 0 aromatic heterocycles. The summed E-state index contributed by atoms with van der Waals surface area (Å²) in [6.07, 6.45) is 13.0. The van der Waals surface area contributed by atoms with E-state index in [1.165, 1.54) is 31.0 Å². The number of ether oxygens (including phenoxy) is 1. The standard InChI is InChI=1S/C19H31NOSi/c1-5-9-12-19-13-10-16(21-19)15-11-14-20-18(17(15)19)22(6-2,7-3)8-4/h10-11,13-17H,5-9,12H2,1-4H3. The van der Waals surface area contributed by atoms with Crippen molar-refractivity contribution >= 4 is 13.4 Å². The predicted octanol–water partition coefficient (Wildman–Crippen LogP) is 5.13. The maximum Gasteiger partial charge on any atom is 0.105 e. The van der Waals surface area contributed by atoms with Crippen LogP contribution >= 0.6 is 0 Å². The van der Waals surface area contributed by atoms with Crippen LogP contribution < -0.4 is 0 Å². The number of hydrogen-bond acceptors (Lipinski definition) is 2. The van der Waals surface area contributed by atoms with Crippen LogP contribution in [0, 0.1) is 11.8 Å². The fourth-order valence-electron chi connectivity index (χ4n) is 4.94. The summed E-state index contributed by atoms with van der Waals surface area (Å²) in [5.41, 5.74) is -0.0489. The highest BCUT2D eigenvalue weighted by Gasteiger charge is 2.59. The largest absolute Gasteiger partial charge is 0.362 e. The first-order valence-corrected chi connectivity index (χ1v) is 11.9. The SMILES string of the molecule is CCCCC12C=CC(O1)C1C=CN=C([Si](CC)(CC)CC)C12. The number of rotatable bonds is 7. The van der Waals surface area contributed by atoms with Crippen LogP contribution in [-0.4, -0.2) is 25.1 Å². The average molecular weight is 318 g/mol. The van der Waals surface area contributed by atoms with E-state index in [4.69, 9.17) is 9.73 Å². The third-order valence-electron chi connectivity index (χ3n) is 6.53. The molecule has 3 aliphatic rings. The van der Waals surface area contributed by atoms with Gasteiger partial charge in [0.1, 0.15) is 8.07 Å². The summed E-state index contributed by atoms with van der Waals surface area (Å²) in [7, 11) is -1.44. The van der Waals surface area contributed by atoms with Crippen molar-refractivity contribution in [2.75, 3.05) is 0 Å². The van der Waals surface area contributed by atoms with Gasteiger partial charge < -0.3 is 4.74 Å². The molecule has 0 aromatic rings. The van der Waals surface area contributed by atoms with E-state index in [-0.39, 0.29) is 5.60 Å². The van der Waals surface area contributed by atoms with Crippen LogP contribution in [0.5, 0.6) is 0 Å². The maximum absolute atomic E-state index is 6.55. The second-order valence-electron chi connectivity index (χ2n) is 7.25. The van der Waals surface area contributed by atoms with E-state index in [2.05, 4.69) is 52.1 Å². The fraction of sp³-hybridized carbons (Fsp3) is 0.737. The third kappa shape index (κ3) is 2.20. The molecule has 2 nitrogen and oxygen atoms in total. The van der Waals surface area contributed by atoms with Crippen molar-refractivity contribution in [1.29, 1.82) is 0 Å². The Morgan fingerprint density at radius 2 is 1.86 bits per heavy atom. The van der Waals surface area contributed by atoms with Gasteiger partial charge in [0.25, 0.3) is 0 Å². The van der Waals surface area contributed by atoms with Crippen LogP contribution in [-0.2, 0) is 4.74 Å². The minimum absolute atomic E-state index is 0.0489. The Balaban J connectivity index is 2.00. The quantitative estimate of drug-likeness (QED) is 0.471. The molecule has 4 unspecified atom stereocenters. The minimum Gasteiger partial charge on any atom is -0.362 e. The molecule has 4 atom stereocenters. The normalized spacial score (nSPS) is 35.8. The van der Waals surface area contributed by atoms with Crippen molar-refractivity contribution < 1.29 is 4.74 Å². The molecular formula is C19H31NOSi. The molecule has 3 heterocycles. The van der Waals surface area contributed by atoms with Crippen molar-refractivity contribution in [2.45, 2.75) is 76.8 Å². The van der Waals surface area contributed by atoms with Gasteiger partial charge in [-0.25, -0.2) is 0 Å². The van der Waals surface area contributed by atoms with E-state index in [1.807, 2.05) is 0 Å². The van der Waals surface area contributed by atoms with Gasteiger partial charge in [-0.2, -0.15) is 0 Å². The smallest absolute Gasteiger partial charge is 0.105 e. The molecule has 1 saturated heterocycles. The van der Waals surface area contributed by atoms with Crippen molar-refractivity contribution in [1.82, 2.24) is 0 Å². The van der Waals surface area contributed by atoms with E-state index in [9.17, 15) is 0 Å². The zero-order valence-electron chi connectivity index (χ0n) is 14.6. The topological polar surface area (TPSA) is 21.6 Å². The van der Waals surface area contributed by atoms with Crippen LogP contribution in [0.25, 0.3) is 0 Å². The molecule has 0 saturated carbocycles. The maximum atomic E-state index is 6.55.